The van der Waals surface area contributed by atoms with E-state index in [0.717, 1.165) is 21.9 Å². The monoisotopic (exact) mass is 415 g/mol. The Kier molecular flexibility index (Phi) is 4.29. The molecule has 0 bridgehead atoms. The average molecular weight is 415 g/mol. The van der Waals surface area contributed by atoms with Gasteiger partial charge in [0.25, 0.3) is 5.91 Å². The summed E-state index contributed by atoms with van der Waals surface area (Å²) in [4.78, 5) is 25.8. The van der Waals surface area contributed by atoms with Crippen molar-refractivity contribution in [1.82, 2.24) is 0 Å². The molecule has 0 aliphatic rings. The number of fused-ring (bicyclic) bond motifs is 2. The molecular weight excluding hydrogens is 398 g/mol. The van der Waals surface area contributed by atoms with Crippen LogP contribution in [0.5, 0.6) is 0 Å². The van der Waals surface area contributed by atoms with E-state index >= 15 is 0 Å². The quantitative estimate of drug-likeness (QED) is 0.359. The van der Waals surface area contributed by atoms with Crippen LogP contribution in [0.15, 0.2) is 73.6 Å². The van der Waals surface area contributed by atoms with Crippen LogP contribution in [0.3, 0.4) is 0 Å². The van der Waals surface area contributed by atoms with Gasteiger partial charge in [-0.2, -0.15) is 0 Å². The second-order valence-corrected chi connectivity index (χ2v) is 8.12. The number of carbonyl (C=O) groups is 1. The molecule has 1 N–H and O–H groups in total. The molecular formula is C24H17NO4S. The number of thiophene rings is 1. The summed E-state index contributed by atoms with van der Waals surface area (Å²) in [6.07, 6.45) is 0. The fourth-order valence-corrected chi connectivity index (χ4v) is 4.42. The summed E-state index contributed by atoms with van der Waals surface area (Å²) in [6, 6.07) is 16.3. The molecule has 0 fully saturated rings. The normalized spacial score (nSPS) is 11.3. The third kappa shape index (κ3) is 3.02. The fraction of sp³-hybridized carbons (Fsp3) is 0.0833. The van der Waals surface area contributed by atoms with Gasteiger partial charge in [-0.1, -0.05) is 24.3 Å². The third-order valence-corrected chi connectivity index (χ3v) is 5.88. The number of hydrogen-bond donors (Lipinski definition) is 1. The van der Waals surface area contributed by atoms with Crippen LogP contribution < -0.4 is 10.9 Å². The van der Waals surface area contributed by atoms with Crippen molar-refractivity contribution in [2.75, 3.05) is 5.32 Å². The molecule has 0 radical (unpaired) electrons. The van der Waals surface area contributed by atoms with E-state index in [1.54, 1.807) is 6.07 Å². The highest BCUT2D eigenvalue weighted by Gasteiger charge is 2.22. The van der Waals surface area contributed by atoms with Gasteiger partial charge in [-0.15, -0.1) is 11.3 Å². The lowest BCUT2D eigenvalue weighted by molar-refractivity contribution is 0.103. The first kappa shape index (κ1) is 18.4. The number of para-hydroxylation sites is 1. The first-order chi connectivity index (χ1) is 14.5. The lowest BCUT2D eigenvalue weighted by Crippen LogP contribution is -2.10. The number of carbonyl (C=O) groups excluding carboxylic acids is 1. The number of rotatable bonds is 3. The average Bonchev–Trinajstić information content (AvgIpc) is 3.35. The van der Waals surface area contributed by atoms with E-state index < -0.39 is 5.63 Å². The SMILES string of the molecule is Cc1cc(C)c2c(-c3oc4ccccc4c3NC(=O)c3cccs3)cc(=O)oc2c1. The van der Waals surface area contributed by atoms with Crippen molar-refractivity contribution in [1.29, 1.82) is 0 Å². The molecule has 0 spiro atoms. The van der Waals surface area contributed by atoms with Crippen molar-refractivity contribution >= 4 is 44.9 Å². The molecule has 2 aromatic carbocycles. The van der Waals surface area contributed by atoms with Gasteiger partial charge < -0.3 is 14.2 Å². The molecule has 0 atom stereocenters. The van der Waals surface area contributed by atoms with E-state index in [2.05, 4.69) is 5.32 Å². The predicted molar refractivity (Wildman–Crippen MR) is 119 cm³/mol. The van der Waals surface area contributed by atoms with Gasteiger partial charge in [-0.3, -0.25) is 4.79 Å². The summed E-state index contributed by atoms with van der Waals surface area (Å²) in [5, 5.41) is 6.40. The van der Waals surface area contributed by atoms with Gasteiger partial charge in [0.2, 0.25) is 0 Å². The zero-order chi connectivity index (χ0) is 20.8. The van der Waals surface area contributed by atoms with E-state index in [-0.39, 0.29) is 5.91 Å². The molecule has 3 heterocycles. The van der Waals surface area contributed by atoms with Crippen LogP contribution in [0.1, 0.15) is 20.8 Å². The fourth-order valence-electron chi connectivity index (χ4n) is 3.80. The van der Waals surface area contributed by atoms with Crippen molar-refractivity contribution in [3.05, 3.63) is 86.4 Å². The van der Waals surface area contributed by atoms with Gasteiger partial charge in [-0.25, -0.2) is 4.79 Å². The molecule has 1 amide bonds. The molecule has 6 heteroatoms. The number of nitrogens with one attached hydrogen (secondary N) is 1. The summed E-state index contributed by atoms with van der Waals surface area (Å²) >= 11 is 1.36. The van der Waals surface area contributed by atoms with E-state index in [1.807, 2.05) is 61.7 Å². The molecule has 5 rings (SSSR count). The Balaban J connectivity index is 1.80. The highest BCUT2D eigenvalue weighted by Crippen LogP contribution is 2.41. The molecule has 5 aromatic rings. The number of aryl methyl sites for hydroxylation is 2. The van der Waals surface area contributed by atoms with Gasteiger partial charge in [0.1, 0.15) is 11.2 Å². The number of anilines is 1. The Morgan fingerprint density at radius 1 is 0.967 bits per heavy atom. The first-order valence-electron chi connectivity index (χ1n) is 9.43. The van der Waals surface area contributed by atoms with Crippen LogP contribution in [0, 0.1) is 13.8 Å². The van der Waals surface area contributed by atoms with Crippen LogP contribution in [-0.4, -0.2) is 5.91 Å². The maximum atomic E-state index is 12.8. The molecule has 0 saturated carbocycles. The Bertz CT molecular complexity index is 1470. The summed E-state index contributed by atoms with van der Waals surface area (Å²) in [6.45, 7) is 3.92. The van der Waals surface area contributed by atoms with Crippen LogP contribution >= 0.6 is 11.3 Å². The number of furan rings is 1. The molecule has 0 aliphatic heterocycles. The van der Waals surface area contributed by atoms with Crippen molar-refractivity contribution in [3.8, 4) is 11.3 Å². The summed E-state index contributed by atoms with van der Waals surface area (Å²) < 4.78 is 11.6. The second kappa shape index (κ2) is 7.00. The number of benzene rings is 2. The maximum Gasteiger partial charge on any atom is 0.336 e. The van der Waals surface area contributed by atoms with Crippen LogP contribution in [-0.2, 0) is 0 Å². The number of amides is 1. The third-order valence-electron chi connectivity index (χ3n) is 5.01. The zero-order valence-corrected chi connectivity index (χ0v) is 17.1. The molecule has 148 valence electrons. The molecule has 0 unspecified atom stereocenters. The van der Waals surface area contributed by atoms with E-state index in [1.165, 1.54) is 17.4 Å². The second-order valence-electron chi connectivity index (χ2n) is 7.17. The Labute approximate surface area is 175 Å². The van der Waals surface area contributed by atoms with E-state index in [9.17, 15) is 9.59 Å². The topological polar surface area (TPSA) is 72.5 Å². The Hall–Kier alpha value is -3.64. The van der Waals surface area contributed by atoms with Crippen LogP contribution in [0.25, 0.3) is 33.3 Å². The molecule has 5 nitrogen and oxygen atoms in total. The molecule has 0 aliphatic carbocycles. The van der Waals surface area contributed by atoms with Crippen molar-refractivity contribution in [3.63, 3.8) is 0 Å². The van der Waals surface area contributed by atoms with Gasteiger partial charge in [0.15, 0.2) is 5.76 Å². The standard InChI is InChI=1S/C24H17NO4S/c1-13-10-14(2)21-16(12-20(26)28-18(21)11-13)23-22(15-6-3-4-7-17(15)29-23)25-24(27)19-8-5-9-30-19/h3-12H,1-2H3,(H,25,27). The highest BCUT2D eigenvalue weighted by atomic mass is 32.1. The first-order valence-corrected chi connectivity index (χ1v) is 10.3. The number of hydrogen-bond acceptors (Lipinski definition) is 5. The minimum Gasteiger partial charge on any atom is -0.454 e. The molecule has 3 aromatic heterocycles. The van der Waals surface area contributed by atoms with Gasteiger partial charge in [0, 0.05) is 22.4 Å². The maximum absolute atomic E-state index is 12.8. The zero-order valence-electron chi connectivity index (χ0n) is 16.3. The van der Waals surface area contributed by atoms with Gasteiger partial charge in [-0.05, 0) is 54.6 Å². The largest absolute Gasteiger partial charge is 0.454 e. The molecule has 0 saturated heterocycles. The summed E-state index contributed by atoms with van der Waals surface area (Å²) in [7, 11) is 0. The van der Waals surface area contributed by atoms with Crippen molar-refractivity contribution < 1.29 is 13.6 Å². The molecule has 30 heavy (non-hydrogen) atoms. The summed E-state index contributed by atoms with van der Waals surface area (Å²) in [5.74, 6) is 0.212. The van der Waals surface area contributed by atoms with E-state index in [0.29, 0.717) is 33.1 Å². The minimum absolute atomic E-state index is 0.224. The highest BCUT2D eigenvalue weighted by molar-refractivity contribution is 7.12. The Morgan fingerprint density at radius 3 is 2.60 bits per heavy atom. The van der Waals surface area contributed by atoms with Gasteiger partial charge in [0.05, 0.1) is 10.6 Å². The lowest BCUT2D eigenvalue weighted by Gasteiger charge is -2.10. The van der Waals surface area contributed by atoms with Gasteiger partial charge >= 0.3 is 5.63 Å². The minimum atomic E-state index is -0.474. The summed E-state index contributed by atoms with van der Waals surface area (Å²) in [5.41, 5.74) is 3.73. The Morgan fingerprint density at radius 2 is 1.80 bits per heavy atom. The van der Waals surface area contributed by atoms with Crippen LogP contribution in [0.4, 0.5) is 5.69 Å². The predicted octanol–water partition coefficient (Wildman–Crippen LogP) is 6.14. The smallest absolute Gasteiger partial charge is 0.336 e. The van der Waals surface area contributed by atoms with E-state index in [4.69, 9.17) is 8.83 Å². The van der Waals surface area contributed by atoms with Crippen molar-refractivity contribution in [2.45, 2.75) is 13.8 Å². The van der Waals surface area contributed by atoms with Crippen LogP contribution in [0.2, 0.25) is 0 Å². The lowest BCUT2D eigenvalue weighted by atomic mass is 10.00. The van der Waals surface area contributed by atoms with Crippen molar-refractivity contribution in [2.24, 2.45) is 0 Å².